The monoisotopic (exact) mass is 294 g/mol. The summed E-state index contributed by atoms with van der Waals surface area (Å²) in [6, 6.07) is 18.3. The molecule has 0 aliphatic heterocycles. The van der Waals surface area contributed by atoms with E-state index in [9.17, 15) is 0 Å². The Morgan fingerprint density at radius 2 is 1.86 bits per heavy atom. The maximum absolute atomic E-state index is 8.75. The van der Waals surface area contributed by atoms with E-state index in [0.717, 1.165) is 11.1 Å². The molecule has 0 fully saturated rings. The highest BCUT2D eigenvalue weighted by Gasteiger charge is 2.01. The smallest absolute Gasteiger partial charge is 0.130 e. The van der Waals surface area contributed by atoms with Gasteiger partial charge >= 0.3 is 0 Å². The Balaban J connectivity index is 2.13. The zero-order chi connectivity index (χ0) is 15.1. The van der Waals surface area contributed by atoms with Crippen LogP contribution in [0, 0.1) is 22.7 Å². The van der Waals surface area contributed by atoms with Crippen LogP contribution >= 0.6 is 11.6 Å². The van der Waals surface area contributed by atoms with E-state index in [0.29, 0.717) is 17.4 Å². The van der Waals surface area contributed by atoms with Gasteiger partial charge in [-0.2, -0.15) is 10.5 Å². The summed E-state index contributed by atoms with van der Waals surface area (Å²) in [5.41, 5.74) is 1.69. The highest BCUT2D eigenvalue weighted by atomic mass is 35.5. The van der Waals surface area contributed by atoms with Gasteiger partial charge in [0, 0.05) is 10.6 Å². The lowest BCUT2D eigenvalue weighted by Gasteiger charge is -2.08. The summed E-state index contributed by atoms with van der Waals surface area (Å²) in [6.45, 7) is 0.357. The van der Waals surface area contributed by atoms with E-state index >= 15 is 0 Å². The normalized spacial score (nSPS) is 9.29. The zero-order valence-electron chi connectivity index (χ0n) is 11.1. The minimum absolute atomic E-state index is 0.0539. The fraction of sp³-hybridized carbons (Fsp3) is 0.0588. The predicted molar refractivity (Wildman–Crippen MR) is 81.4 cm³/mol. The highest BCUT2D eigenvalue weighted by molar-refractivity contribution is 6.31. The summed E-state index contributed by atoms with van der Waals surface area (Å²) in [5, 5.41) is 18.2. The molecule has 0 saturated carbocycles. The van der Waals surface area contributed by atoms with Gasteiger partial charge in [0.2, 0.25) is 0 Å². The van der Waals surface area contributed by atoms with Gasteiger partial charge in [0.25, 0.3) is 0 Å². The number of benzene rings is 2. The Hall–Kier alpha value is -2.75. The second kappa shape index (κ2) is 7.14. The minimum Gasteiger partial charge on any atom is -0.489 e. The molecule has 2 aromatic rings. The second-order valence-electron chi connectivity index (χ2n) is 4.23. The van der Waals surface area contributed by atoms with Crippen LogP contribution in [-0.2, 0) is 6.61 Å². The van der Waals surface area contributed by atoms with Crippen molar-refractivity contribution in [3.05, 3.63) is 70.3 Å². The van der Waals surface area contributed by atoms with Crippen LogP contribution in [0.25, 0.3) is 6.08 Å². The van der Waals surface area contributed by atoms with Gasteiger partial charge in [-0.1, -0.05) is 41.9 Å². The molecule has 3 nitrogen and oxygen atoms in total. The molecule has 0 aliphatic rings. The molecule has 2 aromatic carbocycles. The van der Waals surface area contributed by atoms with Crippen LogP contribution in [0.5, 0.6) is 5.75 Å². The fourth-order valence-electron chi connectivity index (χ4n) is 1.73. The summed E-state index contributed by atoms with van der Waals surface area (Å²) in [7, 11) is 0. The molecule has 0 heterocycles. The largest absolute Gasteiger partial charge is 0.489 e. The van der Waals surface area contributed by atoms with E-state index < -0.39 is 0 Å². The lowest BCUT2D eigenvalue weighted by molar-refractivity contribution is 0.306. The molecule has 0 amide bonds. The highest BCUT2D eigenvalue weighted by Crippen LogP contribution is 2.20. The summed E-state index contributed by atoms with van der Waals surface area (Å²) in [4.78, 5) is 0. The molecule has 0 aromatic heterocycles. The van der Waals surface area contributed by atoms with Crippen molar-refractivity contribution in [1.29, 1.82) is 10.5 Å². The fourth-order valence-corrected chi connectivity index (χ4v) is 1.92. The van der Waals surface area contributed by atoms with Gasteiger partial charge in [0.1, 0.15) is 30.1 Å². The molecular weight excluding hydrogens is 284 g/mol. The third-order valence-electron chi connectivity index (χ3n) is 2.76. The molecule has 4 heteroatoms. The predicted octanol–water partition coefficient (Wildman–Crippen LogP) is 4.35. The molecule has 21 heavy (non-hydrogen) atoms. The number of hydrogen-bond donors (Lipinski definition) is 0. The first-order valence-corrected chi connectivity index (χ1v) is 6.59. The number of halogens is 1. The lowest BCUT2D eigenvalue weighted by Crippen LogP contribution is -1.96. The summed E-state index contributed by atoms with van der Waals surface area (Å²) >= 11 is 6.07. The minimum atomic E-state index is 0.0539. The van der Waals surface area contributed by atoms with Gasteiger partial charge in [-0.15, -0.1) is 0 Å². The topological polar surface area (TPSA) is 56.8 Å². The average molecular weight is 295 g/mol. The van der Waals surface area contributed by atoms with Gasteiger partial charge in [-0.25, -0.2) is 0 Å². The molecule has 2 rings (SSSR count). The molecular formula is C17H11ClN2O. The molecule has 0 aliphatic carbocycles. The van der Waals surface area contributed by atoms with Gasteiger partial charge in [-0.05, 0) is 29.8 Å². The van der Waals surface area contributed by atoms with Crippen LogP contribution in [0.2, 0.25) is 5.02 Å². The van der Waals surface area contributed by atoms with E-state index in [2.05, 4.69) is 0 Å². The number of rotatable bonds is 4. The molecule has 0 bridgehead atoms. The van der Waals surface area contributed by atoms with Crippen LogP contribution < -0.4 is 4.74 Å². The maximum Gasteiger partial charge on any atom is 0.130 e. The molecule has 0 saturated heterocycles. The maximum atomic E-state index is 8.75. The van der Waals surface area contributed by atoms with Crippen LogP contribution in [0.1, 0.15) is 11.1 Å². The summed E-state index contributed by atoms with van der Waals surface area (Å²) in [5.74, 6) is 0.652. The van der Waals surface area contributed by atoms with Crippen molar-refractivity contribution in [3.63, 3.8) is 0 Å². The molecule has 0 radical (unpaired) electrons. The van der Waals surface area contributed by atoms with Crippen LogP contribution in [-0.4, -0.2) is 0 Å². The van der Waals surface area contributed by atoms with Gasteiger partial charge in [0.15, 0.2) is 0 Å². The number of hydrogen-bond acceptors (Lipinski definition) is 3. The van der Waals surface area contributed by atoms with E-state index in [1.54, 1.807) is 18.2 Å². The van der Waals surface area contributed by atoms with Crippen molar-refractivity contribution in [2.75, 3.05) is 0 Å². The van der Waals surface area contributed by atoms with Gasteiger partial charge in [0.05, 0.1) is 0 Å². The second-order valence-corrected chi connectivity index (χ2v) is 4.64. The van der Waals surface area contributed by atoms with Crippen molar-refractivity contribution in [3.8, 4) is 17.9 Å². The first-order chi connectivity index (χ1) is 10.2. The third-order valence-corrected chi connectivity index (χ3v) is 3.13. The SMILES string of the molecule is N#CC(C#N)=Cc1cccc(OCc2ccccc2Cl)c1. The Morgan fingerprint density at radius 1 is 1.10 bits per heavy atom. The summed E-state index contributed by atoms with van der Waals surface area (Å²) in [6.07, 6.45) is 1.52. The van der Waals surface area contributed by atoms with E-state index in [-0.39, 0.29) is 5.57 Å². The molecule has 0 spiro atoms. The first kappa shape index (κ1) is 14.7. The van der Waals surface area contributed by atoms with Crippen LogP contribution in [0.15, 0.2) is 54.1 Å². The van der Waals surface area contributed by atoms with E-state index in [1.807, 2.05) is 42.5 Å². The molecule has 0 N–H and O–H groups in total. The molecule has 0 unspecified atom stereocenters. The molecule has 102 valence electrons. The third kappa shape index (κ3) is 4.11. The van der Waals surface area contributed by atoms with Gasteiger partial charge in [-0.3, -0.25) is 0 Å². The van der Waals surface area contributed by atoms with Crippen molar-refractivity contribution in [2.24, 2.45) is 0 Å². The van der Waals surface area contributed by atoms with Gasteiger partial charge < -0.3 is 4.74 Å². The average Bonchev–Trinajstić information content (AvgIpc) is 2.52. The Kier molecular flexibility index (Phi) is 4.99. The zero-order valence-corrected chi connectivity index (χ0v) is 11.8. The molecule has 0 atom stereocenters. The summed E-state index contributed by atoms with van der Waals surface area (Å²) < 4.78 is 5.68. The quantitative estimate of drug-likeness (QED) is 0.788. The standard InChI is InChI=1S/C17H11ClN2O/c18-17-7-2-1-5-15(17)12-21-16-6-3-4-13(9-16)8-14(10-19)11-20/h1-9H,12H2. The van der Waals surface area contributed by atoms with E-state index in [4.69, 9.17) is 26.9 Å². The lowest BCUT2D eigenvalue weighted by atomic mass is 10.1. The van der Waals surface area contributed by atoms with Crippen LogP contribution in [0.4, 0.5) is 0 Å². The Morgan fingerprint density at radius 3 is 2.57 bits per heavy atom. The van der Waals surface area contributed by atoms with Crippen molar-refractivity contribution >= 4 is 17.7 Å². The van der Waals surface area contributed by atoms with Crippen LogP contribution in [0.3, 0.4) is 0 Å². The number of allylic oxidation sites excluding steroid dienone is 1. The van der Waals surface area contributed by atoms with Crippen molar-refractivity contribution in [2.45, 2.75) is 6.61 Å². The van der Waals surface area contributed by atoms with Crippen molar-refractivity contribution in [1.82, 2.24) is 0 Å². The first-order valence-electron chi connectivity index (χ1n) is 6.21. The van der Waals surface area contributed by atoms with E-state index in [1.165, 1.54) is 6.08 Å². The van der Waals surface area contributed by atoms with Crippen molar-refractivity contribution < 1.29 is 4.74 Å². The Labute approximate surface area is 128 Å². The Bertz CT molecular complexity index is 738. The number of nitrogens with zero attached hydrogens (tertiary/aromatic N) is 2. The number of ether oxygens (including phenoxy) is 1. The number of nitriles is 2.